The summed E-state index contributed by atoms with van der Waals surface area (Å²) >= 11 is 0. The second-order valence-electron chi connectivity index (χ2n) is 3.43. The highest BCUT2D eigenvalue weighted by molar-refractivity contribution is 5.75. The van der Waals surface area contributed by atoms with E-state index in [0.29, 0.717) is 5.92 Å². The summed E-state index contributed by atoms with van der Waals surface area (Å²) in [6.45, 7) is 9.96. The summed E-state index contributed by atoms with van der Waals surface area (Å²) < 4.78 is 4.78. The molecule has 0 amide bonds. The van der Waals surface area contributed by atoms with Gasteiger partial charge in [-0.2, -0.15) is 0 Å². The molecule has 0 saturated heterocycles. The Morgan fingerprint density at radius 1 is 1.31 bits per heavy atom. The molecule has 1 atom stereocenters. The molecule has 0 bridgehead atoms. The van der Waals surface area contributed by atoms with E-state index >= 15 is 0 Å². The number of carbonyl (C=O) groups is 1. The van der Waals surface area contributed by atoms with Gasteiger partial charge in [-0.3, -0.25) is 9.69 Å². The average Bonchev–Trinajstić information content (AvgIpc) is 2.12. The number of methoxy groups -OCH3 is 1. The summed E-state index contributed by atoms with van der Waals surface area (Å²) in [4.78, 5) is 13.6. The minimum atomic E-state index is -0.126. The van der Waals surface area contributed by atoms with Gasteiger partial charge in [0.15, 0.2) is 0 Å². The molecule has 0 heterocycles. The molecule has 0 saturated carbocycles. The first kappa shape index (κ1) is 12.4. The minimum Gasteiger partial charge on any atom is -0.468 e. The van der Waals surface area contributed by atoms with E-state index in [1.54, 1.807) is 0 Å². The summed E-state index contributed by atoms with van der Waals surface area (Å²) in [6.07, 6.45) is 0. The summed E-state index contributed by atoms with van der Waals surface area (Å²) in [5.74, 6) is 0.172. The smallest absolute Gasteiger partial charge is 0.323 e. The van der Waals surface area contributed by atoms with Gasteiger partial charge in [0.25, 0.3) is 0 Å². The van der Waals surface area contributed by atoms with E-state index in [9.17, 15) is 4.79 Å². The van der Waals surface area contributed by atoms with E-state index < -0.39 is 0 Å². The molecule has 0 aromatic heterocycles. The van der Waals surface area contributed by atoms with Crippen molar-refractivity contribution in [2.24, 2.45) is 5.92 Å². The molecule has 0 aliphatic rings. The van der Waals surface area contributed by atoms with E-state index in [4.69, 9.17) is 4.74 Å². The molecule has 0 radical (unpaired) electrons. The largest absolute Gasteiger partial charge is 0.468 e. The first-order valence-electron chi connectivity index (χ1n) is 4.90. The van der Waals surface area contributed by atoms with E-state index in [1.807, 2.05) is 13.8 Å². The minimum absolute atomic E-state index is 0.0972. The lowest BCUT2D eigenvalue weighted by molar-refractivity contribution is -0.148. The van der Waals surface area contributed by atoms with Crippen LogP contribution in [0.15, 0.2) is 0 Å². The molecule has 0 aromatic carbocycles. The van der Waals surface area contributed by atoms with Gasteiger partial charge < -0.3 is 4.74 Å². The molecule has 3 heteroatoms. The van der Waals surface area contributed by atoms with Gasteiger partial charge in [-0.15, -0.1) is 0 Å². The van der Waals surface area contributed by atoms with E-state index in [1.165, 1.54) is 7.11 Å². The molecule has 3 nitrogen and oxygen atoms in total. The molecule has 0 spiro atoms. The molecule has 0 rings (SSSR count). The zero-order chi connectivity index (χ0) is 10.4. The fraction of sp³-hybridized carbons (Fsp3) is 0.900. The van der Waals surface area contributed by atoms with Crippen LogP contribution in [0.5, 0.6) is 0 Å². The molecule has 78 valence electrons. The fourth-order valence-electron chi connectivity index (χ4n) is 1.58. The van der Waals surface area contributed by atoms with Crippen LogP contribution in [0.4, 0.5) is 0 Å². The van der Waals surface area contributed by atoms with Gasteiger partial charge in [-0.1, -0.05) is 27.7 Å². The third kappa shape index (κ3) is 3.35. The quantitative estimate of drug-likeness (QED) is 0.611. The standard InChI is InChI=1S/C10H21NO2/c1-6-11(7-2)9(8(3)4)10(12)13-5/h8-9H,6-7H2,1-5H3/t9-/m1/s1. The van der Waals surface area contributed by atoms with Crippen LogP contribution in [-0.4, -0.2) is 37.1 Å². The average molecular weight is 187 g/mol. The first-order valence-corrected chi connectivity index (χ1v) is 4.90. The molecule has 0 N–H and O–H groups in total. The van der Waals surface area contributed by atoms with Crippen molar-refractivity contribution in [3.05, 3.63) is 0 Å². The van der Waals surface area contributed by atoms with E-state index in [0.717, 1.165) is 13.1 Å². The van der Waals surface area contributed by atoms with Crippen molar-refractivity contribution in [2.45, 2.75) is 33.7 Å². The Kier molecular flexibility index (Phi) is 5.71. The lowest BCUT2D eigenvalue weighted by Gasteiger charge is -2.30. The zero-order valence-corrected chi connectivity index (χ0v) is 9.33. The zero-order valence-electron chi connectivity index (χ0n) is 9.33. The highest BCUT2D eigenvalue weighted by atomic mass is 16.5. The fourth-order valence-corrected chi connectivity index (χ4v) is 1.58. The van der Waals surface area contributed by atoms with Crippen LogP contribution in [0.1, 0.15) is 27.7 Å². The highest BCUT2D eigenvalue weighted by Crippen LogP contribution is 2.11. The topological polar surface area (TPSA) is 29.5 Å². The van der Waals surface area contributed by atoms with Crippen LogP contribution in [0.2, 0.25) is 0 Å². The van der Waals surface area contributed by atoms with Gasteiger partial charge >= 0.3 is 5.97 Å². The third-order valence-electron chi connectivity index (χ3n) is 2.28. The third-order valence-corrected chi connectivity index (χ3v) is 2.28. The van der Waals surface area contributed by atoms with Crippen LogP contribution < -0.4 is 0 Å². The molecule has 0 unspecified atom stereocenters. The van der Waals surface area contributed by atoms with Crippen LogP contribution >= 0.6 is 0 Å². The number of esters is 1. The number of rotatable bonds is 5. The number of hydrogen-bond acceptors (Lipinski definition) is 3. The van der Waals surface area contributed by atoms with Gasteiger partial charge in [-0.05, 0) is 19.0 Å². The van der Waals surface area contributed by atoms with Gasteiger partial charge in [0, 0.05) is 0 Å². The molecule has 0 aliphatic carbocycles. The van der Waals surface area contributed by atoms with Gasteiger partial charge in [0.1, 0.15) is 6.04 Å². The number of carbonyl (C=O) groups excluding carboxylic acids is 1. The Morgan fingerprint density at radius 3 is 2.00 bits per heavy atom. The maximum absolute atomic E-state index is 11.4. The Labute approximate surface area is 81.1 Å². The maximum atomic E-state index is 11.4. The van der Waals surface area contributed by atoms with E-state index in [-0.39, 0.29) is 12.0 Å². The Morgan fingerprint density at radius 2 is 1.77 bits per heavy atom. The molecular formula is C10H21NO2. The SMILES string of the molecule is CCN(CC)[C@@H](C(=O)OC)C(C)C. The monoisotopic (exact) mass is 187 g/mol. The van der Waals surface area contributed by atoms with Crippen molar-refractivity contribution in [2.75, 3.05) is 20.2 Å². The number of ether oxygens (including phenoxy) is 1. The van der Waals surface area contributed by atoms with Crippen LogP contribution in [0.3, 0.4) is 0 Å². The predicted octanol–water partition coefficient (Wildman–Crippen LogP) is 1.53. The first-order chi connectivity index (χ1) is 6.08. The maximum Gasteiger partial charge on any atom is 0.323 e. The molecule has 13 heavy (non-hydrogen) atoms. The van der Waals surface area contributed by atoms with Crippen LogP contribution in [0, 0.1) is 5.92 Å². The summed E-state index contributed by atoms with van der Waals surface area (Å²) in [6, 6.07) is -0.0972. The van der Waals surface area contributed by atoms with Crippen LogP contribution in [-0.2, 0) is 9.53 Å². The Hall–Kier alpha value is -0.570. The van der Waals surface area contributed by atoms with Gasteiger partial charge in [0.05, 0.1) is 7.11 Å². The van der Waals surface area contributed by atoms with Crippen molar-refractivity contribution < 1.29 is 9.53 Å². The second kappa shape index (κ2) is 5.97. The Balaban J connectivity index is 4.47. The summed E-state index contributed by atoms with van der Waals surface area (Å²) in [7, 11) is 1.45. The number of likely N-dealkylation sites (N-methyl/N-ethyl adjacent to an activating group) is 1. The lowest BCUT2D eigenvalue weighted by Crippen LogP contribution is -2.45. The summed E-state index contributed by atoms with van der Waals surface area (Å²) in [5.41, 5.74) is 0. The summed E-state index contributed by atoms with van der Waals surface area (Å²) in [5, 5.41) is 0. The molecular weight excluding hydrogens is 166 g/mol. The molecule has 0 aromatic rings. The Bertz CT molecular complexity index is 153. The number of nitrogens with zero attached hydrogens (tertiary/aromatic N) is 1. The second-order valence-corrected chi connectivity index (χ2v) is 3.43. The molecule has 0 aliphatic heterocycles. The lowest BCUT2D eigenvalue weighted by atomic mass is 10.0. The van der Waals surface area contributed by atoms with Crippen molar-refractivity contribution >= 4 is 5.97 Å². The predicted molar refractivity (Wildman–Crippen MR) is 53.6 cm³/mol. The van der Waals surface area contributed by atoms with Crippen LogP contribution in [0.25, 0.3) is 0 Å². The van der Waals surface area contributed by atoms with Crippen molar-refractivity contribution in [1.82, 2.24) is 4.90 Å². The normalized spacial score (nSPS) is 13.5. The van der Waals surface area contributed by atoms with Crippen molar-refractivity contribution in [1.29, 1.82) is 0 Å². The van der Waals surface area contributed by atoms with E-state index in [2.05, 4.69) is 18.7 Å². The molecule has 0 fully saturated rings. The van der Waals surface area contributed by atoms with Crippen molar-refractivity contribution in [3.8, 4) is 0 Å². The number of hydrogen-bond donors (Lipinski definition) is 0. The van der Waals surface area contributed by atoms with Crippen molar-refractivity contribution in [3.63, 3.8) is 0 Å². The van der Waals surface area contributed by atoms with Gasteiger partial charge in [-0.25, -0.2) is 0 Å². The van der Waals surface area contributed by atoms with Gasteiger partial charge in [0.2, 0.25) is 0 Å². The highest BCUT2D eigenvalue weighted by Gasteiger charge is 2.27.